The molecule has 1 saturated heterocycles. The molecule has 0 spiro atoms. The number of aromatic carboxylic acids is 1. The van der Waals surface area contributed by atoms with E-state index in [4.69, 9.17) is 9.84 Å². The summed E-state index contributed by atoms with van der Waals surface area (Å²) in [4.78, 5) is 13.5. The predicted octanol–water partition coefficient (Wildman–Crippen LogP) is 3.75. The SMILES string of the molecule is Cc1cc(C(=O)O)ccc1-c1ccc([C@@H](C)N2CCOCC2)cc1. The molecule has 0 amide bonds. The Morgan fingerprint density at radius 2 is 1.79 bits per heavy atom. The minimum Gasteiger partial charge on any atom is -0.478 e. The molecule has 0 unspecified atom stereocenters. The molecule has 1 heterocycles. The summed E-state index contributed by atoms with van der Waals surface area (Å²) in [5.74, 6) is -0.890. The smallest absolute Gasteiger partial charge is 0.335 e. The molecule has 1 atom stereocenters. The van der Waals surface area contributed by atoms with Crippen LogP contribution in [0.1, 0.15) is 34.5 Å². The molecule has 0 saturated carbocycles. The van der Waals surface area contributed by atoms with Crippen LogP contribution in [0.3, 0.4) is 0 Å². The van der Waals surface area contributed by atoms with Gasteiger partial charge in [0.05, 0.1) is 18.8 Å². The van der Waals surface area contributed by atoms with Crippen LogP contribution in [-0.2, 0) is 4.74 Å². The molecule has 0 aliphatic carbocycles. The zero-order valence-electron chi connectivity index (χ0n) is 14.2. The molecule has 1 fully saturated rings. The van der Waals surface area contributed by atoms with Gasteiger partial charge in [-0.2, -0.15) is 0 Å². The predicted molar refractivity (Wildman–Crippen MR) is 94.4 cm³/mol. The van der Waals surface area contributed by atoms with Crippen molar-refractivity contribution in [1.29, 1.82) is 0 Å². The highest BCUT2D eigenvalue weighted by Gasteiger charge is 2.18. The Kier molecular flexibility index (Phi) is 4.97. The van der Waals surface area contributed by atoms with Crippen molar-refractivity contribution in [2.24, 2.45) is 0 Å². The molecular weight excluding hydrogens is 302 g/mol. The van der Waals surface area contributed by atoms with Gasteiger partial charge in [-0.15, -0.1) is 0 Å². The fourth-order valence-corrected chi connectivity index (χ4v) is 3.24. The lowest BCUT2D eigenvalue weighted by Crippen LogP contribution is -2.37. The van der Waals surface area contributed by atoms with Crippen molar-refractivity contribution in [1.82, 2.24) is 4.90 Å². The number of hydrogen-bond donors (Lipinski definition) is 1. The van der Waals surface area contributed by atoms with E-state index in [0.29, 0.717) is 11.6 Å². The Morgan fingerprint density at radius 3 is 2.38 bits per heavy atom. The van der Waals surface area contributed by atoms with Gasteiger partial charge < -0.3 is 9.84 Å². The van der Waals surface area contributed by atoms with Crippen LogP contribution in [0.4, 0.5) is 0 Å². The Morgan fingerprint density at radius 1 is 1.12 bits per heavy atom. The normalized spacial score (nSPS) is 16.8. The molecule has 0 bridgehead atoms. The maximum absolute atomic E-state index is 11.1. The molecule has 1 aliphatic rings. The molecule has 4 heteroatoms. The van der Waals surface area contributed by atoms with Crippen LogP contribution >= 0.6 is 0 Å². The Labute approximate surface area is 142 Å². The van der Waals surface area contributed by atoms with Gasteiger partial charge in [-0.25, -0.2) is 4.79 Å². The molecule has 1 N–H and O–H groups in total. The van der Waals surface area contributed by atoms with Gasteiger partial charge in [0.2, 0.25) is 0 Å². The average Bonchev–Trinajstić information content (AvgIpc) is 2.62. The van der Waals surface area contributed by atoms with Crippen LogP contribution in [0.5, 0.6) is 0 Å². The van der Waals surface area contributed by atoms with Crippen molar-refractivity contribution in [3.63, 3.8) is 0 Å². The number of morpholine rings is 1. The van der Waals surface area contributed by atoms with Crippen LogP contribution in [0.25, 0.3) is 11.1 Å². The van der Waals surface area contributed by atoms with E-state index in [1.807, 2.05) is 13.0 Å². The molecule has 24 heavy (non-hydrogen) atoms. The maximum Gasteiger partial charge on any atom is 0.335 e. The third-order valence-electron chi connectivity index (χ3n) is 4.77. The number of nitrogens with zero attached hydrogens (tertiary/aromatic N) is 1. The van der Waals surface area contributed by atoms with Gasteiger partial charge in [-0.1, -0.05) is 30.3 Å². The number of rotatable bonds is 4. The van der Waals surface area contributed by atoms with Gasteiger partial charge in [0, 0.05) is 19.1 Å². The molecule has 2 aromatic rings. The number of hydrogen-bond acceptors (Lipinski definition) is 3. The van der Waals surface area contributed by atoms with Crippen molar-refractivity contribution in [3.05, 3.63) is 59.2 Å². The lowest BCUT2D eigenvalue weighted by molar-refractivity contribution is 0.0198. The standard InChI is InChI=1S/C20H23NO3/c1-14-13-18(20(22)23)7-8-19(14)17-5-3-16(4-6-17)15(2)21-9-11-24-12-10-21/h3-8,13,15H,9-12H2,1-2H3,(H,22,23)/t15-/m1/s1. The largest absolute Gasteiger partial charge is 0.478 e. The van der Waals surface area contributed by atoms with Crippen LogP contribution in [0, 0.1) is 6.92 Å². The minimum atomic E-state index is -0.890. The Balaban J connectivity index is 1.80. The maximum atomic E-state index is 11.1. The summed E-state index contributed by atoms with van der Waals surface area (Å²) in [7, 11) is 0. The number of carboxylic acids is 1. The summed E-state index contributed by atoms with van der Waals surface area (Å²) in [6, 6.07) is 14.2. The first-order valence-electron chi connectivity index (χ1n) is 8.32. The summed E-state index contributed by atoms with van der Waals surface area (Å²) in [5.41, 5.74) is 4.78. The Hall–Kier alpha value is -2.17. The van der Waals surface area contributed by atoms with E-state index >= 15 is 0 Å². The summed E-state index contributed by atoms with van der Waals surface area (Å²) in [6.45, 7) is 7.73. The zero-order chi connectivity index (χ0) is 17.1. The highest BCUT2D eigenvalue weighted by atomic mass is 16.5. The van der Waals surface area contributed by atoms with E-state index < -0.39 is 5.97 Å². The second-order valence-corrected chi connectivity index (χ2v) is 6.28. The van der Waals surface area contributed by atoms with Gasteiger partial charge in [0.15, 0.2) is 0 Å². The van der Waals surface area contributed by atoms with Gasteiger partial charge in [0.25, 0.3) is 0 Å². The van der Waals surface area contributed by atoms with Crippen LogP contribution in [0.15, 0.2) is 42.5 Å². The van der Waals surface area contributed by atoms with E-state index in [1.54, 1.807) is 12.1 Å². The zero-order valence-corrected chi connectivity index (χ0v) is 14.2. The van der Waals surface area contributed by atoms with E-state index in [0.717, 1.165) is 43.0 Å². The van der Waals surface area contributed by atoms with Crippen LogP contribution in [-0.4, -0.2) is 42.3 Å². The number of ether oxygens (including phenoxy) is 1. The van der Waals surface area contributed by atoms with E-state index in [2.05, 4.69) is 36.1 Å². The van der Waals surface area contributed by atoms with E-state index in [9.17, 15) is 4.79 Å². The van der Waals surface area contributed by atoms with Crippen LogP contribution in [0.2, 0.25) is 0 Å². The molecule has 0 radical (unpaired) electrons. The lowest BCUT2D eigenvalue weighted by Gasteiger charge is -2.32. The van der Waals surface area contributed by atoms with Crippen LogP contribution < -0.4 is 0 Å². The fraction of sp³-hybridized carbons (Fsp3) is 0.350. The van der Waals surface area contributed by atoms with Crippen molar-refractivity contribution < 1.29 is 14.6 Å². The molecule has 0 aromatic heterocycles. The first kappa shape index (κ1) is 16.7. The van der Waals surface area contributed by atoms with Crippen molar-refractivity contribution in [3.8, 4) is 11.1 Å². The third kappa shape index (κ3) is 3.50. The van der Waals surface area contributed by atoms with E-state index in [-0.39, 0.29) is 0 Å². The third-order valence-corrected chi connectivity index (χ3v) is 4.77. The molecule has 2 aromatic carbocycles. The number of aryl methyl sites for hydroxylation is 1. The number of carbonyl (C=O) groups is 1. The first-order valence-corrected chi connectivity index (χ1v) is 8.32. The second kappa shape index (κ2) is 7.16. The highest BCUT2D eigenvalue weighted by Crippen LogP contribution is 2.27. The highest BCUT2D eigenvalue weighted by molar-refractivity contribution is 5.89. The molecule has 126 valence electrons. The van der Waals surface area contributed by atoms with Gasteiger partial charge in [-0.3, -0.25) is 4.90 Å². The summed E-state index contributed by atoms with van der Waals surface area (Å²) < 4.78 is 5.42. The number of carboxylic acid groups (broad SMARTS) is 1. The van der Waals surface area contributed by atoms with Gasteiger partial charge in [-0.05, 0) is 48.2 Å². The van der Waals surface area contributed by atoms with E-state index in [1.165, 1.54) is 5.56 Å². The summed E-state index contributed by atoms with van der Waals surface area (Å²) in [5, 5.41) is 9.08. The quantitative estimate of drug-likeness (QED) is 0.930. The number of benzene rings is 2. The minimum absolute atomic E-state index is 0.328. The second-order valence-electron chi connectivity index (χ2n) is 6.28. The topological polar surface area (TPSA) is 49.8 Å². The van der Waals surface area contributed by atoms with Crippen molar-refractivity contribution in [2.45, 2.75) is 19.9 Å². The van der Waals surface area contributed by atoms with Crippen molar-refractivity contribution >= 4 is 5.97 Å². The molecule has 4 nitrogen and oxygen atoms in total. The van der Waals surface area contributed by atoms with Gasteiger partial charge >= 0.3 is 5.97 Å². The average molecular weight is 325 g/mol. The Bertz CT molecular complexity index is 718. The summed E-state index contributed by atoms with van der Waals surface area (Å²) >= 11 is 0. The van der Waals surface area contributed by atoms with Gasteiger partial charge in [0.1, 0.15) is 0 Å². The fourth-order valence-electron chi connectivity index (χ4n) is 3.24. The molecular formula is C20H23NO3. The first-order chi connectivity index (χ1) is 11.6. The molecule has 1 aliphatic heterocycles. The lowest BCUT2D eigenvalue weighted by atomic mass is 9.96. The molecule has 3 rings (SSSR count). The van der Waals surface area contributed by atoms with Crippen molar-refractivity contribution in [2.75, 3.05) is 26.3 Å². The monoisotopic (exact) mass is 325 g/mol. The summed E-state index contributed by atoms with van der Waals surface area (Å²) in [6.07, 6.45) is 0.